The molecule has 0 aromatic heterocycles. The van der Waals surface area contributed by atoms with E-state index in [2.05, 4.69) is 0 Å². The molecule has 0 radical (unpaired) electrons. The Bertz CT molecular complexity index is 524. The Morgan fingerprint density at radius 1 is 0.913 bits per heavy atom. The molecule has 0 amide bonds. The highest BCUT2D eigenvalue weighted by atomic mass is 19.4. The molecule has 0 bridgehead atoms. The van der Waals surface area contributed by atoms with Crippen LogP contribution in [0.5, 0.6) is 0 Å². The second kappa shape index (κ2) is 5.98. The number of halogens is 6. The molecule has 1 aliphatic carbocycles. The summed E-state index contributed by atoms with van der Waals surface area (Å²) < 4.78 is 77.1. The fourth-order valence-corrected chi connectivity index (χ4v) is 2.92. The van der Waals surface area contributed by atoms with Gasteiger partial charge in [0.05, 0.1) is 11.1 Å². The minimum absolute atomic E-state index is 0.0149. The standard InChI is InChI=1S/C15H18F6N2/c16-14(17,18)10-5-9(6-11(7-10)15(19,20)21)8-13(23)3-1-12(22)2-4-13/h5-7,12H,1-4,8,22-23H2. The third-order valence-electron chi connectivity index (χ3n) is 4.23. The molecule has 23 heavy (non-hydrogen) atoms. The Labute approximate surface area is 129 Å². The molecular weight excluding hydrogens is 322 g/mol. The molecule has 1 aromatic rings. The van der Waals surface area contributed by atoms with E-state index >= 15 is 0 Å². The molecule has 0 spiro atoms. The molecule has 2 rings (SSSR count). The van der Waals surface area contributed by atoms with Gasteiger partial charge in [0, 0.05) is 11.6 Å². The minimum atomic E-state index is -4.84. The van der Waals surface area contributed by atoms with Gasteiger partial charge in [-0.2, -0.15) is 26.3 Å². The average Bonchev–Trinajstić information content (AvgIpc) is 2.40. The van der Waals surface area contributed by atoms with Crippen LogP contribution in [-0.4, -0.2) is 11.6 Å². The van der Waals surface area contributed by atoms with Crippen molar-refractivity contribution in [1.29, 1.82) is 0 Å². The van der Waals surface area contributed by atoms with Gasteiger partial charge < -0.3 is 11.5 Å². The van der Waals surface area contributed by atoms with Gasteiger partial charge in [0.15, 0.2) is 0 Å². The predicted octanol–water partition coefficient (Wildman–Crippen LogP) is 3.87. The SMILES string of the molecule is NC1CCC(N)(Cc2cc(C(F)(F)F)cc(C(F)(F)F)c2)CC1. The van der Waals surface area contributed by atoms with Crippen molar-refractivity contribution >= 4 is 0 Å². The average molecular weight is 340 g/mol. The largest absolute Gasteiger partial charge is 0.416 e. The lowest BCUT2D eigenvalue weighted by molar-refractivity contribution is -0.143. The van der Waals surface area contributed by atoms with E-state index in [4.69, 9.17) is 11.5 Å². The van der Waals surface area contributed by atoms with E-state index in [0.717, 1.165) is 12.1 Å². The topological polar surface area (TPSA) is 52.0 Å². The molecule has 0 saturated heterocycles. The first-order chi connectivity index (χ1) is 10.4. The highest BCUT2D eigenvalue weighted by molar-refractivity contribution is 5.34. The van der Waals surface area contributed by atoms with Crippen LogP contribution in [0, 0.1) is 0 Å². The fraction of sp³-hybridized carbons (Fsp3) is 0.600. The molecule has 1 aromatic carbocycles. The van der Waals surface area contributed by atoms with E-state index in [9.17, 15) is 26.3 Å². The van der Waals surface area contributed by atoms with Gasteiger partial charge in [-0.3, -0.25) is 0 Å². The van der Waals surface area contributed by atoms with E-state index in [1.807, 2.05) is 0 Å². The fourth-order valence-electron chi connectivity index (χ4n) is 2.92. The molecular formula is C15H18F6N2. The van der Waals surface area contributed by atoms with Crippen molar-refractivity contribution in [1.82, 2.24) is 0 Å². The molecule has 130 valence electrons. The Morgan fingerprint density at radius 3 is 1.74 bits per heavy atom. The summed E-state index contributed by atoms with van der Waals surface area (Å²) >= 11 is 0. The van der Waals surface area contributed by atoms with Crippen LogP contribution in [-0.2, 0) is 18.8 Å². The second-order valence-electron chi connectivity index (χ2n) is 6.29. The van der Waals surface area contributed by atoms with Crippen molar-refractivity contribution in [3.8, 4) is 0 Å². The zero-order chi connectivity index (χ0) is 17.5. The van der Waals surface area contributed by atoms with Crippen molar-refractivity contribution in [3.63, 3.8) is 0 Å². The minimum Gasteiger partial charge on any atom is -0.328 e. The number of rotatable bonds is 2. The second-order valence-corrected chi connectivity index (χ2v) is 6.29. The van der Waals surface area contributed by atoms with Crippen molar-refractivity contribution in [2.45, 2.75) is 56.0 Å². The molecule has 0 aliphatic heterocycles. The first-order valence-corrected chi connectivity index (χ1v) is 7.22. The normalized spacial score (nSPS) is 26.3. The molecule has 0 heterocycles. The summed E-state index contributed by atoms with van der Waals surface area (Å²) in [6.07, 6.45) is -7.53. The van der Waals surface area contributed by atoms with Gasteiger partial charge in [0.1, 0.15) is 0 Å². The van der Waals surface area contributed by atoms with Crippen LogP contribution >= 0.6 is 0 Å². The lowest BCUT2D eigenvalue weighted by Gasteiger charge is -2.36. The van der Waals surface area contributed by atoms with Crippen LogP contribution < -0.4 is 11.5 Å². The molecule has 1 fully saturated rings. The monoisotopic (exact) mass is 340 g/mol. The van der Waals surface area contributed by atoms with Crippen LogP contribution in [0.15, 0.2) is 18.2 Å². The maximum Gasteiger partial charge on any atom is 0.416 e. The Morgan fingerprint density at radius 2 is 1.35 bits per heavy atom. The number of hydrogen-bond donors (Lipinski definition) is 2. The van der Waals surface area contributed by atoms with Crippen LogP contribution in [0.4, 0.5) is 26.3 Å². The van der Waals surface area contributed by atoms with Gasteiger partial charge in [0.25, 0.3) is 0 Å². The molecule has 1 saturated carbocycles. The quantitative estimate of drug-likeness (QED) is 0.803. The molecule has 0 unspecified atom stereocenters. The maximum atomic E-state index is 12.8. The zero-order valence-corrected chi connectivity index (χ0v) is 12.3. The van der Waals surface area contributed by atoms with E-state index in [0.29, 0.717) is 25.7 Å². The first kappa shape index (κ1) is 18.1. The highest BCUT2D eigenvalue weighted by Crippen LogP contribution is 2.38. The number of hydrogen-bond acceptors (Lipinski definition) is 2. The Kier molecular flexibility index (Phi) is 4.69. The number of alkyl halides is 6. The Hall–Kier alpha value is -1.28. The third-order valence-corrected chi connectivity index (χ3v) is 4.23. The lowest BCUT2D eigenvalue weighted by atomic mass is 9.76. The van der Waals surface area contributed by atoms with Gasteiger partial charge in [-0.15, -0.1) is 0 Å². The molecule has 4 N–H and O–H groups in total. The third kappa shape index (κ3) is 4.60. The van der Waals surface area contributed by atoms with Crippen LogP contribution in [0.2, 0.25) is 0 Å². The predicted molar refractivity (Wildman–Crippen MR) is 73.5 cm³/mol. The molecule has 2 nitrogen and oxygen atoms in total. The smallest absolute Gasteiger partial charge is 0.328 e. The van der Waals surface area contributed by atoms with Crippen LogP contribution in [0.25, 0.3) is 0 Å². The summed E-state index contributed by atoms with van der Waals surface area (Å²) in [7, 11) is 0. The van der Waals surface area contributed by atoms with Crippen molar-refractivity contribution in [2.24, 2.45) is 11.5 Å². The zero-order valence-electron chi connectivity index (χ0n) is 12.3. The van der Waals surface area contributed by atoms with E-state index < -0.39 is 29.0 Å². The van der Waals surface area contributed by atoms with Crippen molar-refractivity contribution < 1.29 is 26.3 Å². The maximum absolute atomic E-state index is 12.8. The summed E-state index contributed by atoms with van der Waals surface area (Å²) in [5, 5.41) is 0. The van der Waals surface area contributed by atoms with Crippen LogP contribution in [0.3, 0.4) is 0 Å². The van der Waals surface area contributed by atoms with E-state index in [1.54, 1.807) is 0 Å². The summed E-state index contributed by atoms with van der Waals surface area (Å²) in [6, 6.07) is 1.61. The first-order valence-electron chi connectivity index (χ1n) is 7.22. The summed E-state index contributed by atoms with van der Waals surface area (Å²) in [5.41, 5.74) is 8.43. The van der Waals surface area contributed by atoms with Gasteiger partial charge in [-0.25, -0.2) is 0 Å². The van der Waals surface area contributed by atoms with E-state index in [-0.39, 0.29) is 24.1 Å². The van der Waals surface area contributed by atoms with E-state index in [1.165, 1.54) is 0 Å². The van der Waals surface area contributed by atoms with Gasteiger partial charge in [-0.05, 0) is 55.9 Å². The molecule has 0 atom stereocenters. The van der Waals surface area contributed by atoms with Crippen LogP contribution in [0.1, 0.15) is 42.4 Å². The molecule has 1 aliphatic rings. The summed E-state index contributed by atoms with van der Waals surface area (Å²) in [4.78, 5) is 0. The van der Waals surface area contributed by atoms with Gasteiger partial charge in [-0.1, -0.05) is 0 Å². The van der Waals surface area contributed by atoms with Gasteiger partial charge >= 0.3 is 12.4 Å². The van der Waals surface area contributed by atoms with Crippen molar-refractivity contribution in [2.75, 3.05) is 0 Å². The highest BCUT2D eigenvalue weighted by Gasteiger charge is 2.38. The molecule has 8 heteroatoms. The lowest BCUT2D eigenvalue weighted by Crippen LogP contribution is -2.47. The number of benzene rings is 1. The summed E-state index contributed by atoms with van der Waals surface area (Å²) in [5.74, 6) is 0. The number of nitrogens with two attached hydrogens (primary N) is 2. The summed E-state index contributed by atoms with van der Waals surface area (Å²) in [6.45, 7) is 0. The van der Waals surface area contributed by atoms with Crippen molar-refractivity contribution in [3.05, 3.63) is 34.9 Å². The Balaban J connectivity index is 2.34. The van der Waals surface area contributed by atoms with Gasteiger partial charge in [0.2, 0.25) is 0 Å².